The minimum atomic E-state index is -1.19. The number of aliphatic carboxylic acids is 1. The second-order valence-corrected chi connectivity index (χ2v) is 8.86. The molecule has 2 aromatic heterocycles. The number of H-pyrrole nitrogens is 1. The number of hydrogen-bond donors (Lipinski definition) is 4. The van der Waals surface area contributed by atoms with E-state index in [-0.39, 0.29) is 24.0 Å². The van der Waals surface area contributed by atoms with E-state index in [0.717, 1.165) is 22.3 Å². The van der Waals surface area contributed by atoms with Gasteiger partial charge in [0.15, 0.2) is 11.9 Å². The zero-order valence-electron chi connectivity index (χ0n) is 18.2. The van der Waals surface area contributed by atoms with Crippen LogP contribution in [0.1, 0.15) is 38.5 Å². The molecule has 2 aromatic carbocycles. The van der Waals surface area contributed by atoms with Gasteiger partial charge in [-0.2, -0.15) is 5.10 Å². The molecule has 0 spiro atoms. The Morgan fingerprint density at radius 1 is 1.03 bits per heavy atom. The summed E-state index contributed by atoms with van der Waals surface area (Å²) in [5.74, 6) is -1.86. The number of carbonyl (C=O) groups is 3. The van der Waals surface area contributed by atoms with Crippen molar-refractivity contribution in [2.45, 2.75) is 12.0 Å². The van der Waals surface area contributed by atoms with Crippen LogP contribution in [0.5, 0.6) is 0 Å². The molecule has 4 aromatic rings. The molecule has 5 rings (SSSR count). The molecule has 1 aliphatic rings. The maximum Gasteiger partial charge on any atom is 0.412 e. The molecule has 176 valence electrons. The summed E-state index contributed by atoms with van der Waals surface area (Å²) in [5, 5.41) is 22.5. The lowest BCUT2D eigenvalue weighted by atomic mass is 9.98. The van der Waals surface area contributed by atoms with E-state index in [1.165, 1.54) is 17.4 Å². The van der Waals surface area contributed by atoms with E-state index in [0.29, 0.717) is 4.88 Å². The number of anilines is 1. The molecule has 0 bridgehead atoms. The van der Waals surface area contributed by atoms with E-state index < -0.39 is 24.0 Å². The summed E-state index contributed by atoms with van der Waals surface area (Å²) in [4.78, 5) is 37.0. The highest BCUT2D eigenvalue weighted by atomic mass is 32.1. The maximum atomic E-state index is 12.5. The summed E-state index contributed by atoms with van der Waals surface area (Å²) in [7, 11) is 0. The van der Waals surface area contributed by atoms with Crippen LogP contribution in [0, 0.1) is 0 Å². The van der Waals surface area contributed by atoms with Crippen LogP contribution >= 0.6 is 11.3 Å². The van der Waals surface area contributed by atoms with E-state index in [1.807, 2.05) is 36.4 Å². The molecule has 1 aliphatic carbocycles. The zero-order chi connectivity index (χ0) is 24.4. The van der Waals surface area contributed by atoms with E-state index >= 15 is 0 Å². The Morgan fingerprint density at radius 2 is 1.71 bits per heavy atom. The van der Waals surface area contributed by atoms with Gasteiger partial charge in [0.25, 0.3) is 5.91 Å². The summed E-state index contributed by atoms with van der Waals surface area (Å²) < 4.78 is 5.48. The van der Waals surface area contributed by atoms with Crippen LogP contribution < -0.4 is 10.6 Å². The SMILES string of the molecule is O=C(Nc1cc(C(=O)NC(C(=O)O)c2cccs2)[nH]n1)OCC1c2ccccc2-c2ccccc21. The normalized spacial score (nSPS) is 12.9. The molecule has 0 radical (unpaired) electrons. The number of thiophene rings is 1. The molecule has 9 nitrogen and oxygen atoms in total. The fourth-order valence-electron chi connectivity index (χ4n) is 4.16. The molecule has 0 saturated heterocycles. The minimum Gasteiger partial charge on any atom is -0.479 e. The summed E-state index contributed by atoms with van der Waals surface area (Å²) in [5.41, 5.74) is 4.45. The Kier molecular flexibility index (Phi) is 6.02. The Balaban J connectivity index is 1.21. The van der Waals surface area contributed by atoms with Crippen LogP contribution in [0.2, 0.25) is 0 Å². The molecule has 0 saturated carbocycles. The van der Waals surface area contributed by atoms with Crippen molar-refractivity contribution in [1.82, 2.24) is 15.5 Å². The minimum absolute atomic E-state index is 0.00162. The van der Waals surface area contributed by atoms with Gasteiger partial charge in [-0.15, -0.1) is 11.3 Å². The first-order chi connectivity index (χ1) is 17.0. The molecule has 4 N–H and O–H groups in total. The van der Waals surface area contributed by atoms with Crippen molar-refractivity contribution in [3.63, 3.8) is 0 Å². The van der Waals surface area contributed by atoms with Crippen molar-refractivity contribution in [3.05, 3.63) is 93.8 Å². The van der Waals surface area contributed by atoms with Crippen molar-refractivity contribution in [1.29, 1.82) is 0 Å². The fourth-order valence-corrected chi connectivity index (χ4v) is 4.93. The smallest absolute Gasteiger partial charge is 0.412 e. The predicted octanol–water partition coefficient (Wildman–Crippen LogP) is 4.39. The molecule has 0 fully saturated rings. The standard InChI is InChI=1S/C25H20N4O5S/c30-23(27-22(24(31)32)20-10-5-11-35-20)19-12-21(29-28-19)26-25(33)34-13-18-16-8-3-1-6-14(16)15-7-2-4-9-17(15)18/h1-12,18,22H,13H2,(H,27,30)(H,31,32)(H2,26,28,29,33). The predicted molar refractivity (Wildman–Crippen MR) is 129 cm³/mol. The Morgan fingerprint density at radius 3 is 2.34 bits per heavy atom. The molecular weight excluding hydrogens is 468 g/mol. The van der Waals surface area contributed by atoms with Gasteiger partial charge in [0.1, 0.15) is 12.3 Å². The molecule has 2 amide bonds. The van der Waals surface area contributed by atoms with Gasteiger partial charge in [-0.05, 0) is 33.7 Å². The molecule has 10 heteroatoms. The quantitative estimate of drug-likeness (QED) is 0.305. The molecule has 2 heterocycles. The van der Waals surface area contributed by atoms with Gasteiger partial charge in [-0.3, -0.25) is 15.2 Å². The van der Waals surface area contributed by atoms with Gasteiger partial charge >= 0.3 is 12.1 Å². The summed E-state index contributed by atoms with van der Waals surface area (Å²) in [6, 6.07) is 19.5. The number of ether oxygens (including phenoxy) is 1. The molecular formula is C25H20N4O5S. The number of aromatic nitrogens is 2. The highest BCUT2D eigenvalue weighted by Gasteiger charge is 2.29. The first kappa shape index (κ1) is 22.4. The van der Waals surface area contributed by atoms with Gasteiger partial charge in [-0.1, -0.05) is 54.6 Å². The Labute approximate surface area is 203 Å². The highest BCUT2D eigenvalue weighted by Crippen LogP contribution is 2.44. The lowest BCUT2D eigenvalue weighted by Crippen LogP contribution is -2.33. The van der Waals surface area contributed by atoms with E-state index in [9.17, 15) is 19.5 Å². The number of nitrogens with one attached hydrogen (secondary N) is 3. The lowest BCUT2D eigenvalue weighted by Gasteiger charge is -2.14. The van der Waals surface area contributed by atoms with Crippen LogP contribution in [-0.4, -0.2) is 39.9 Å². The maximum absolute atomic E-state index is 12.5. The van der Waals surface area contributed by atoms with Crippen molar-refractivity contribution in [2.75, 3.05) is 11.9 Å². The number of fused-ring (bicyclic) bond motifs is 3. The topological polar surface area (TPSA) is 133 Å². The largest absolute Gasteiger partial charge is 0.479 e. The third-order valence-corrected chi connectivity index (χ3v) is 6.68. The number of hydrogen-bond acceptors (Lipinski definition) is 6. The van der Waals surface area contributed by atoms with Gasteiger partial charge < -0.3 is 15.2 Å². The van der Waals surface area contributed by atoms with Crippen LogP contribution in [0.4, 0.5) is 10.6 Å². The average molecular weight is 489 g/mol. The van der Waals surface area contributed by atoms with Crippen LogP contribution in [0.3, 0.4) is 0 Å². The number of benzene rings is 2. The van der Waals surface area contributed by atoms with Crippen LogP contribution in [0.15, 0.2) is 72.1 Å². The van der Waals surface area contributed by atoms with Gasteiger partial charge in [-0.25, -0.2) is 9.59 Å². The third-order valence-electron chi connectivity index (χ3n) is 5.75. The first-order valence-corrected chi connectivity index (χ1v) is 11.6. The molecule has 1 unspecified atom stereocenters. The lowest BCUT2D eigenvalue weighted by molar-refractivity contribution is -0.139. The summed E-state index contributed by atoms with van der Waals surface area (Å²) in [6.45, 7) is 0.138. The first-order valence-electron chi connectivity index (χ1n) is 10.8. The fraction of sp³-hybridized carbons (Fsp3) is 0.120. The van der Waals surface area contributed by atoms with Crippen LogP contribution in [-0.2, 0) is 9.53 Å². The highest BCUT2D eigenvalue weighted by molar-refractivity contribution is 7.10. The summed E-state index contributed by atoms with van der Waals surface area (Å²) >= 11 is 1.22. The van der Waals surface area contributed by atoms with E-state index in [2.05, 4.69) is 33.0 Å². The van der Waals surface area contributed by atoms with Crippen molar-refractivity contribution >= 4 is 35.1 Å². The third kappa shape index (κ3) is 4.51. The van der Waals surface area contributed by atoms with E-state index in [4.69, 9.17) is 4.74 Å². The van der Waals surface area contributed by atoms with Gasteiger partial charge in [0.05, 0.1) is 0 Å². The summed E-state index contributed by atoms with van der Waals surface area (Å²) in [6.07, 6.45) is -0.715. The Hall–Kier alpha value is -4.44. The molecule has 35 heavy (non-hydrogen) atoms. The number of rotatable bonds is 7. The number of aromatic amines is 1. The van der Waals surface area contributed by atoms with Crippen molar-refractivity contribution in [3.8, 4) is 11.1 Å². The van der Waals surface area contributed by atoms with E-state index in [1.54, 1.807) is 17.5 Å². The second kappa shape index (κ2) is 9.43. The zero-order valence-corrected chi connectivity index (χ0v) is 19.0. The molecule has 0 aliphatic heterocycles. The monoisotopic (exact) mass is 488 g/mol. The number of carboxylic acid groups (broad SMARTS) is 1. The van der Waals surface area contributed by atoms with Gasteiger partial charge in [0.2, 0.25) is 0 Å². The Bertz CT molecular complexity index is 1350. The number of carbonyl (C=O) groups excluding carboxylic acids is 2. The second-order valence-electron chi connectivity index (χ2n) is 7.88. The number of amides is 2. The van der Waals surface area contributed by atoms with Crippen molar-refractivity contribution in [2.24, 2.45) is 0 Å². The van der Waals surface area contributed by atoms with Gasteiger partial charge in [0, 0.05) is 16.9 Å². The number of carboxylic acids is 1. The van der Waals surface area contributed by atoms with Crippen LogP contribution in [0.25, 0.3) is 11.1 Å². The molecule has 1 atom stereocenters. The number of nitrogens with zero attached hydrogens (tertiary/aromatic N) is 1. The average Bonchev–Trinajstić information content (AvgIpc) is 3.61. The van der Waals surface area contributed by atoms with Crippen molar-refractivity contribution < 1.29 is 24.2 Å².